The molecule has 20 heavy (non-hydrogen) atoms. The zero-order chi connectivity index (χ0) is 14.9. The van der Waals surface area contributed by atoms with Crippen LogP contribution in [-0.2, 0) is 9.53 Å². The van der Waals surface area contributed by atoms with Crippen LogP contribution in [0.15, 0.2) is 10.9 Å². The first-order valence-electron chi connectivity index (χ1n) is 6.52. The number of aliphatic carboxylic acids is 1. The van der Waals surface area contributed by atoms with Crippen molar-refractivity contribution in [3.8, 4) is 0 Å². The normalized spacial score (nSPS) is 25.9. The van der Waals surface area contributed by atoms with Gasteiger partial charge in [0, 0.05) is 12.0 Å². The van der Waals surface area contributed by atoms with Gasteiger partial charge in [-0.25, -0.2) is 4.98 Å². The highest BCUT2D eigenvalue weighted by Gasteiger charge is 2.46. The van der Waals surface area contributed by atoms with Gasteiger partial charge in [0.25, 0.3) is 5.56 Å². The summed E-state index contributed by atoms with van der Waals surface area (Å²) in [7, 11) is 0. The first-order valence-corrected chi connectivity index (χ1v) is 6.52. The number of aromatic nitrogens is 2. The molecule has 1 aromatic heterocycles. The minimum Gasteiger partial charge on any atom is -0.481 e. The number of hydrogen-bond acceptors (Lipinski definition) is 5. The second-order valence-electron chi connectivity index (χ2n) is 5.61. The molecule has 0 aliphatic carbocycles. The molecule has 2 heterocycles. The molecule has 1 aliphatic heterocycles. The van der Waals surface area contributed by atoms with Crippen LogP contribution in [0.2, 0.25) is 0 Å². The molecule has 1 saturated heterocycles. The fraction of sp³-hybridized carbons (Fsp3) is 0.615. The third-order valence-corrected chi connectivity index (χ3v) is 3.57. The van der Waals surface area contributed by atoms with Crippen LogP contribution in [0.3, 0.4) is 0 Å². The Labute approximate surface area is 116 Å². The number of hydrogen-bond donors (Lipinski definition) is 3. The summed E-state index contributed by atoms with van der Waals surface area (Å²) in [6.45, 7) is 5.87. The maximum Gasteiger partial charge on any atom is 0.313 e. The van der Waals surface area contributed by atoms with Gasteiger partial charge in [0.1, 0.15) is 17.1 Å². The van der Waals surface area contributed by atoms with Gasteiger partial charge in [-0.05, 0) is 6.92 Å². The average Bonchev–Trinajstić information content (AvgIpc) is 2.71. The third kappa shape index (κ3) is 2.67. The van der Waals surface area contributed by atoms with Gasteiger partial charge < -0.3 is 20.1 Å². The quantitative estimate of drug-likeness (QED) is 0.754. The minimum absolute atomic E-state index is 0.0788. The fourth-order valence-corrected chi connectivity index (χ4v) is 2.09. The lowest BCUT2D eigenvalue weighted by molar-refractivity contribution is -0.148. The molecule has 2 atom stereocenters. The predicted octanol–water partition coefficient (Wildman–Crippen LogP) is 0.795. The van der Waals surface area contributed by atoms with Crippen LogP contribution < -0.4 is 10.9 Å². The van der Waals surface area contributed by atoms with Crippen molar-refractivity contribution in [2.24, 2.45) is 5.41 Å². The summed E-state index contributed by atoms with van der Waals surface area (Å²) in [6, 6.07) is 0.904. The number of rotatable bonds is 4. The lowest BCUT2D eigenvalue weighted by Gasteiger charge is -2.26. The number of nitrogens with one attached hydrogen (secondary N) is 2. The predicted molar refractivity (Wildman–Crippen MR) is 72.9 cm³/mol. The number of carbonyl (C=O) groups is 1. The molecule has 7 heteroatoms. The lowest BCUT2D eigenvalue weighted by atomic mass is 9.85. The molecule has 110 valence electrons. The van der Waals surface area contributed by atoms with Crippen LogP contribution in [0.4, 0.5) is 5.82 Å². The third-order valence-electron chi connectivity index (χ3n) is 3.57. The van der Waals surface area contributed by atoms with Gasteiger partial charge in [-0.1, -0.05) is 13.8 Å². The molecule has 1 fully saturated rings. The molecule has 0 saturated carbocycles. The second kappa shape index (κ2) is 5.24. The summed E-state index contributed by atoms with van der Waals surface area (Å²) in [5.74, 6) is 0.0907. The van der Waals surface area contributed by atoms with E-state index in [0.717, 1.165) is 0 Å². The number of nitrogens with zero attached hydrogens (tertiary/aromatic N) is 1. The molecular formula is C13H19N3O4. The van der Waals surface area contributed by atoms with Crippen molar-refractivity contribution in [3.63, 3.8) is 0 Å². The number of anilines is 1. The summed E-state index contributed by atoms with van der Waals surface area (Å²) in [4.78, 5) is 29.9. The molecule has 2 rings (SSSR count). The molecule has 2 unspecified atom stereocenters. The van der Waals surface area contributed by atoms with E-state index >= 15 is 0 Å². The zero-order valence-electron chi connectivity index (χ0n) is 11.8. The summed E-state index contributed by atoms with van der Waals surface area (Å²) >= 11 is 0. The number of aromatic amines is 1. The number of carboxylic acids is 1. The van der Waals surface area contributed by atoms with Gasteiger partial charge in [-0.2, -0.15) is 0 Å². The number of H-pyrrole nitrogens is 1. The van der Waals surface area contributed by atoms with Crippen molar-refractivity contribution in [2.75, 3.05) is 18.5 Å². The van der Waals surface area contributed by atoms with E-state index in [-0.39, 0.29) is 24.7 Å². The van der Waals surface area contributed by atoms with Crippen molar-refractivity contribution in [2.45, 2.75) is 32.7 Å². The molecule has 3 N–H and O–H groups in total. The summed E-state index contributed by atoms with van der Waals surface area (Å²) in [5, 5.41) is 12.3. The van der Waals surface area contributed by atoms with Crippen molar-refractivity contribution in [1.82, 2.24) is 9.97 Å². The van der Waals surface area contributed by atoms with Crippen molar-refractivity contribution in [3.05, 3.63) is 22.2 Å². The van der Waals surface area contributed by atoms with E-state index in [0.29, 0.717) is 11.6 Å². The lowest BCUT2D eigenvalue weighted by Crippen LogP contribution is -2.43. The average molecular weight is 281 g/mol. The molecule has 0 aromatic carbocycles. The van der Waals surface area contributed by atoms with Crippen molar-refractivity contribution < 1.29 is 14.6 Å². The van der Waals surface area contributed by atoms with Crippen LogP contribution in [0, 0.1) is 5.41 Å². The maximum atomic E-state index is 11.6. The molecule has 1 aliphatic rings. The molecule has 0 bridgehead atoms. The van der Waals surface area contributed by atoms with Crippen molar-refractivity contribution in [1.29, 1.82) is 0 Å². The van der Waals surface area contributed by atoms with Crippen LogP contribution in [0.25, 0.3) is 0 Å². The van der Waals surface area contributed by atoms with Gasteiger partial charge in [-0.15, -0.1) is 0 Å². The molecule has 7 nitrogen and oxygen atoms in total. The molecule has 0 spiro atoms. The SMILES string of the molecule is CC(C)c1nc(NC2COCC2(C)C(=O)O)cc(=O)[nH]1. The summed E-state index contributed by atoms with van der Waals surface area (Å²) in [6.07, 6.45) is 0. The Balaban J connectivity index is 2.26. The van der Waals surface area contributed by atoms with E-state index in [1.807, 2.05) is 13.8 Å². The minimum atomic E-state index is -1.03. The van der Waals surface area contributed by atoms with Gasteiger partial charge in [0.05, 0.1) is 19.3 Å². The van der Waals surface area contributed by atoms with E-state index in [1.54, 1.807) is 6.92 Å². The van der Waals surface area contributed by atoms with Gasteiger partial charge >= 0.3 is 5.97 Å². The fourth-order valence-electron chi connectivity index (χ4n) is 2.09. The Hall–Kier alpha value is -1.89. The van der Waals surface area contributed by atoms with E-state index in [2.05, 4.69) is 15.3 Å². The van der Waals surface area contributed by atoms with Crippen molar-refractivity contribution >= 4 is 11.8 Å². The first-order chi connectivity index (χ1) is 9.33. The summed E-state index contributed by atoms with van der Waals surface area (Å²) < 4.78 is 5.26. The smallest absolute Gasteiger partial charge is 0.313 e. The number of ether oxygens (including phenoxy) is 1. The number of carboxylic acid groups (broad SMARTS) is 1. The molecule has 1 aromatic rings. The largest absolute Gasteiger partial charge is 0.481 e. The van der Waals surface area contributed by atoms with E-state index in [9.17, 15) is 14.7 Å². The highest BCUT2D eigenvalue weighted by Crippen LogP contribution is 2.30. The van der Waals surface area contributed by atoms with E-state index in [1.165, 1.54) is 6.07 Å². The Bertz CT molecular complexity index is 569. The first kappa shape index (κ1) is 14.5. The van der Waals surface area contributed by atoms with Crippen LogP contribution in [0.1, 0.15) is 32.5 Å². The zero-order valence-corrected chi connectivity index (χ0v) is 11.8. The molecule has 0 amide bonds. The topological polar surface area (TPSA) is 104 Å². The Morgan fingerprint density at radius 3 is 2.95 bits per heavy atom. The Morgan fingerprint density at radius 2 is 2.35 bits per heavy atom. The monoisotopic (exact) mass is 281 g/mol. The van der Waals surface area contributed by atoms with Crippen LogP contribution >= 0.6 is 0 Å². The maximum absolute atomic E-state index is 11.6. The van der Waals surface area contributed by atoms with Crippen LogP contribution in [0.5, 0.6) is 0 Å². The highest BCUT2D eigenvalue weighted by atomic mass is 16.5. The molecule has 0 radical (unpaired) electrons. The molecular weight excluding hydrogens is 262 g/mol. The Morgan fingerprint density at radius 1 is 1.65 bits per heavy atom. The highest BCUT2D eigenvalue weighted by molar-refractivity contribution is 5.76. The Kier molecular flexibility index (Phi) is 3.80. The summed E-state index contributed by atoms with van der Waals surface area (Å²) in [5.41, 5.74) is -1.29. The van der Waals surface area contributed by atoms with Crippen LogP contribution in [-0.4, -0.2) is 40.3 Å². The van der Waals surface area contributed by atoms with E-state index in [4.69, 9.17) is 4.74 Å². The standard InChI is InChI=1S/C13H19N3O4/c1-7(2)11-15-9(4-10(17)16-11)14-8-5-20-6-13(8,3)12(18)19/h4,7-8H,5-6H2,1-3H3,(H,18,19)(H2,14,15,16,17). The second-order valence-corrected chi connectivity index (χ2v) is 5.61. The van der Waals surface area contributed by atoms with Gasteiger partial charge in [0.2, 0.25) is 0 Å². The van der Waals surface area contributed by atoms with Gasteiger partial charge in [0.15, 0.2) is 0 Å². The van der Waals surface area contributed by atoms with Gasteiger partial charge in [-0.3, -0.25) is 9.59 Å². The van der Waals surface area contributed by atoms with E-state index < -0.39 is 17.4 Å².